The largest absolute Gasteiger partial charge is 0.439 e. The van der Waals surface area contributed by atoms with Gasteiger partial charge in [0.15, 0.2) is 0 Å². The molecule has 1 aromatic carbocycles. The molecule has 0 fully saturated rings. The lowest BCUT2D eigenvalue weighted by Gasteiger charge is -2.16. The SMILES string of the molecule is CN(CC(=O)NCc1cccnc1Oc1cccc(F)c1)S(=O)(=O)c1ccc(Cl)s1. The highest BCUT2D eigenvalue weighted by Gasteiger charge is 2.24. The number of hydrogen-bond acceptors (Lipinski definition) is 6. The molecule has 30 heavy (non-hydrogen) atoms. The predicted molar refractivity (Wildman–Crippen MR) is 112 cm³/mol. The number of amides is 1. The number of thiophene rings is 1. The Kier molecular flexibility index (Phi) is 7.03. The van der Waals surface area contributed by atoms with Crippen molar-refractivity contribution >= 4 is 38.9 Å². The standard InChI is InChI=1S/C19H17ClFN3O4S2/c1-24(30(26,27)18-8-7-16(20)29-18)12-17(25)23-11-13-4-3-9-22-19(13)28-15-6-2-5-14(21)10-15/h2-10H,11-12H2,1H3,(H,23,25). The van der Waals surface area contributed by atoms with Crippen LogP contribution in [0.25, 0.3) is 0 Å². The Labute approximate surface area is 182 Å². The summed E-state index contributed by atoms with van der Waals surface area (Å²) in [4.78, 5) is 16.4. The topological polar surface area (TPSA) is 88.6 Å². The summed E-state index contributed by atoms with van der Waals surface area (Å²) < 4.78 is 45.2. The molecule has 0 spiro atoms. The first-order chi connectivity index (χ1) is 14.3. The summed E-state index contributed by atoms with van der Waals surface area (Å²) in [5.41, 5.74) is 0.547. The molecule has 0 atom stereocenters. The van der Waals surface area contributed by atoms with Crippen molar-refractivity contribution in [1.82, 2.24) is 14.6 Å². The first-order valence-corrected chi connectivity index (χ1v) is 11.2. The van der Waals surface area contributed by atoms with Gasteiger partial charge in [0.1, 0.15) is 15.8 Å². The number of nitrogens with one attached hydrogen (secondary N) is 1. The summed E-state index contributed by atoms with van der Waals surface area (Å²) in [6.45, 7) is -0.325. The normalized spacial score (nSPS) is 11.5. The molecule has 7 nitrogen and oxygen atoms in total. The maximum absolute atomic E-state index is 13.3. The van der Waals surface area contributed by atoms with Gasteiger partial charge in [-0.2, -0.15) is 4.31 Å². The van der Waals surface area contributed by atoms with E-state index in [1.807, 2.05) is 0 Å². The second kappa shape index (κ2) is 9.52. The highest BCUT2D eigenvalue weighted by Crippen LogP contribution is 2.27. The zero-order valence-corrected chi connectivity index (χ0v) is 18.1. The predicted octanol–water partition coefficient (Wildman–Crippen LogP) is 3.66. The van der Waals surface area contributed by atoms with Crippen molar-refractivity contribution in [3.8, 4) is 11.6 Å². The fourth-order valence-electron chi connectivity index (χ4n) is 2.42. The van der Waals surface area contributed by atoms with Crippen molar-refractivity contribution < 1.29 is 22.3 Å². The molecule has 0 aliphatic rings. The van der Waals surface area contributed by atoms with E-state index in [2.05, 4.69) is 10.3 Å². The lowest BCUT2D eigenvalue weighted by molar-refractivity contribution is -0.121. The Hall–Kier alpha value is -2.53. The van der Waals surface area contributed by atoms with E-state index in [1.165, 1.54) is 43.6 Å². The highest BCUT2D eigenvalue weighted by molar-refractivity contribution is 7.91. The van der Waals surface area contributed by atoms with Gasteiger partial charge in [-0.15, -0.1) is 11.3 Å². The van der Waals surface area contributed by atoms with Crippen molar-refractivity contribution in [1.29, 1.82) is 0 Å². The summed E-state index contributed by atoms with van der Waals surface area (Å²) in [5, 5.41) is 2.63. The molecule has 0 saturated heterocycles. The Balaban J connectivity index is 1.62. The van der Waals surface area contributed by atoms with Gasteiger partial charge >= 0.3 is 0 Å². The number of ether oxygens (including phenoxy) is 1. The maximum Gasteiger partial charge on any atom is 0.252 e. The minimum absolute atomic E-state index is 0.0516. The van der Waals surface area contributed by atoms with Gasteiger partial charge in [0.05, 0.1) is 10.9 Å². The molecule has 158 valence electrons. The van der Waals surface area contributed by atoms with E-state index in [1.54, 1.807) is 18.2 Å². The van der Waals surface area contributed by atoms with Crippen molar-refractivity contribution in [3.05, 3.63) is 70.4 Å². The molecule has 0 aliphatic carbocycles. The van der Waals surface area contributed by atoms with Gasteiger partial charge in [-0.1, -0.05) is 23.7 Å². The highest BCUT2D eigenvalue weighted by atomic mass is 35.5. The van der Waals surface area contributed by atoms with Gasteiger partial charge in [-0.05, 0) is 30.3 Å². The summed E-state index contributed by atoms with van der Waals surface area (Å²) in [6.07, 6.45) is 1.51. The van der Waals surface area contributed by atoms with E-state index < -0.39 is 21.7 Å². The lowest BCUT2D eigenvalue weighted by Crippen LogP contribution is -2.37. The van der Waals surface area contributed by atoms with Crippen LogP contribution in [0.3, 0.4) is 0 Å². The third-order valence-electron chi connectivity index (χ3n) is 3.92. The van der Waals surface area contributed by atoms with Crippen molar-refractivity contribution in [2.75, 3.05) is 13.6 Å². The summed E-state index contributed by atoms with van der Waals surface area (Å²) in [5.74, 6) is -0.488. The second-order valence-electron chi connectivity index (χ2n) is 6.12. The van der Waals surface area contributed by atoms with Crippen molar-refractivity contribution in [3.63, 3.8) is 0 Å². The van der Waals surface area contributed by atoms with Gasteiger partial charge in [0.2, 0.25) is 11.8 Å². The number of aromatic nitrogens is 1. The first-order valence-electron chi connectivity index (χ1n) is 8.61. The van der Waals surface area contributed by atoms with Crippen LogP contribution in [0.1, 0.15) is 5.56 Å². The number of rotatable bonds is 8. The second-order valence-corrected chi connectivity index (χ2v) is 10.1. The number of carbonyl (C=O) groups is 1. The van der Waals surface area contributed by atoms with E-state index in [0.29, 0.717) is 9.90 Å². The smallest absolute Gasteiger partial charge is 0.252 e. The molecule has 0 aliphatic heterocycles. The Morgan fingerprint density at radius 2 is 2.07 bits per heavy atom. The van der Waals surface area contributed by atoms with Crippen LogP contribution in [0.15, 0.2) is 58.9 Å². The zero-order valence-electron chi connectivity index (χ0n) is 15.7. The molecule has 1 amide bonds. The fourth-order valence-corrected chi connectivity index (χ4v) is 5.24. The number of carbonyl (C=O) groups excluding carboxylic acids is 1. The number of hydrogen-bond donors (Lipinski definition) is 1. The van der Waals surface area contributed by atoms with Crippen molar-refractivity contribution in [2.24, 2.45) is 0 Å². The molecule has 11 heteroatoms. The first kappa shape index (κ1) is 22.2. The van der Waals surface area contributed by atoms with Crippen LogP contribution in [-0.4, -0.2) is 37.2 Å². The van der Waals surface area contributed by atoms with Gasteiger partial charge in [-0.3, -0.25) is 4.79 Å². The maximum atomic E-state index is 13.3. The number of pyridine rings is 1. The van der Waals surface area contributed by atoms with Crippen LogP contribution in [0.5, 0.6) is 11.6 Å². The van der Waals surface area contributed by atoms with E-state index in [-0.39, 0.29) is 28.9 Å². The summed E-state index contributed by atoms with van der Waals surface area (Å²) in [7, 11) is -2.50. The number of sulfonamides is 1. The van der Waals surface area contributed by atoms with E-state index >= 15 is 0 Å². The van der Waals surface area contributed by atoms with Crippen LogP contribution in [0.4, 0.5) is 4.39 Å². The molecule has 2 heterocycles. The van der Waals surface area contributed by atoms with E-state index in [0.717, 1.165) is 15.6 Å². The van der Waals surface area contributed by atoms with Crippen LogP contribution in [-0.2, 0) is 21.4 Å². The van der Waals surface area contributed by atoms with Gasteiger partial charge in [-0.25, -0.2) is 17.8 Å². The number of nitrogens with zero attached hydrogens (tertiary/aromatic N) is 2. The number of likely N-dealkylation sites (N-methyl/N-ethyl adjacent to an activating group) is 1. The van der Waals surface area contributed by atoms with Crippen LogP contribution in [0.2, 0.25) is 4.34 Å². The number of benzene rings is 1. The average Bonchev–Trinajstić information content (AvgIpc) is 3.14. The minimum atomic E-state index is -3.82. The fraction of sp³-hybridized carbons (Fsp3) is 0.158. The van der Waals surface area contributed by atoms with Crippen LogP contribution >= 0.6 is 22.9 Å². The third kappa shape index (κ3) is 5.54. The number of halogens is 2. The Morgan fingerprint density at radius 1 is 1.27 bits per heavy atom. The van der Waals surface area contributed by atoms with E-state index in [9.17, 15) is 17.6 Å². The molecular formula is C19H17ClFN3O4S2. The average molecular weight is 470 g/mol. The molecule has 0 radical (unpaired) electrons. The molecule has 3 rings (SSSR count). The molecule has 2 aromatic heterocycles. The monoisotopic (exact) mass is 469 g/mol. The molecule has 0 bridgehead atoms. The third-order valence-corrected chi connectivity index (χ3v) is 7.42. The molecule has 3 aromatic rings. The Bertz CT molecular complexity index is 1150. The zero-order chi connectivity index (χ0) is 21.7. The Morgan fingerprint density at radius 3 is 2.77 bits per heavy atom. The van der Waals surface area contributed by atoms with E-state index in [4.69, 9.17) is 16.3 Å². The molecule has 1 N–H and O–H groups in total. The summed E-state index contributed by atoms with van der Waals surface area (Å²) >= 11 is 6.71. The van der Waals surface area contributed by atoms with Gasteiger partial charge < -0.3 is 10.1 Å². The van der Waals surface area contributed by atoms with Gasteiger partial charge in [0.25, 0.3) is 10.0 Å². The molecule has 0 unspecified atom stereocenters. The summed E-state index contributed by atoms with van der Waals surface area (Å²) in [6, 6.07) is 11.8. The van der Waals surface area contributed by atoms with Crippen LogP contribution < -0.4 is 10.1 Å². The van der Waals surface area contributed by atoms with Crippen molar-refractivity contribution in [2.45, 2.75) is 10.8 Å². The molecule has 0 saturated carbocycles. The minimum Gasteiger partial charge on any atom is -0.439 e. The van der Waals surface area contributed by atoms with Crippen LogP contribution in [0, 0.1) is 5.82 Å². The lowest BCUT2D eigenvalue weighted by atomic mass is 10.2. The van der Waals surface area contributed by atoms with Gasteiger partial charge in [0, 0.05) is 31.4 Å². The molecular weight excluding hydrogens is 453 g/mol. The quantitative estimate of drug-likeness (QED) is 0.543.